The van der Waals surface area contributed by atoms with Crippen LogP contribution in [0.5, 0.6) is 0 Å². The van der Waals surface area contributed by atoms with Gasteiger partial charge in [0.25, 0.3) is 0 Å². The summed E-state index contributed by atoms with van der Waals surface area (Å²) in [5.74, 6) is 0. The third kappa shape index (κ3) is 3.66. The average Bonchev–Trinajstić information content (AvgIpc) is 2.87. The van der Waals surface area contributed by atoms with Gasteiger partial charge in [0, 0.05) is 15.5 Å². The number of thiazole rings is 1. The van der Waals surface area contributed by atoms with Gasteiger partial charge in [-0.2, -0.15) is 0 Å². The van der Waals surface area contributed by atoms with Gasteiger partial charge in [-0.05, 0) is 37.6 Å². The van der Waals surface area contributed by atoms with Gasteiger partial charge in [0.15, 0.2) is 0 Å². The summed E-state index contributed by atoms with van der Waals surface area (Å²) in [5.41, 5.74) is 0. The number of rotatable bonds is 5. The van der Waals surface area contributed by atoms with Crippen LogP contribution in [-0.2, 0) is 16.4 Å². The standard InChI is InChI=1S/C13H15BrN2O2S2/c1-3-11-8-15-13(19-11)9(2)16-20(17,18)12-6-4-10(14)5-7-12/h4-9,16H,3H2,1-2H3. The van der Waals surface area contributed by atoms with Gasteiger partial charge in [-0.1, -0.05) is 22.9 Å². The minimum absolute atomic E-state index is 0.250. The zero-order valence-electron chi connectivity index (χ0n) is 11.1. The van der Waals surface area contributed by atoms with Crippen LogP contribution >= 0.6 is 27.3 Å². The second-order valence-corrected chi connectivity index (χ2v) is 8.09. The maximum atomic E-state index is 12.3. The number of nitrogens with zero attached hydrogens (tertiary/aromatic N) is 1. The Labute approximate surface area is 131 Å². The van der Waals surface area contributed by atoms with Gasteiger partial charge in [0.05, 0.1) is 10.9 Å². The molecule has 2 aromatic rings. The highest BCUT2D eigenvalue weighted by Crippen LogP contribution is 2.22. The number of aryl methyl sites for hydroxylation is 1. The largest absolute Gasteiger partial charge is 0.248 e. The van der Waals surface area contributed by atoms with E-state index in [1.165, 1.54) is 11.3 Å². The fraction of sp³-hybridized carbons (Fsp3) is 0.308. The topological polar surface area (TPSA) is 59.1 Å². The first-order valence-corrected chi connectivity index (χ1v) is 9.24. The van der Waals surface area contributed by atoms with E-state index in [0.717, 1.165) is 20.8 Å². The maximum Gasteiger partial charge on any atom is 0.241 e. The molecule has 0 spiro atoms. The Hall–Kier alpha value is -0.760. The quantitative estimate of drug-likeness (QED) is 0.870. The van der Waals surface area contributed by atoms with E-state index in [1.807, 2.05) is 6.92 Å². The first-order chi connectivity index (χ1) is 9.42. The Morgan fingerprint density at radius 2 is 2.00 bits per heavy atom. The Morgan fingerprint density at radius 1 is 1.35 bits per heavy atom. The molecule has 0 amide bonds. The molecule has 0 saturated heterocycles. The molecular formula is C13H15BrN2O2S2. The number of aromatic nitrogens is 1. The normalized spacial score (nSPS) is 13.3. The van der Waals surface area contributed by atoms with Gasteiger partial charge in [0.1, 0.15) is 5.01 Å². The lowest BCUT2D eigenvalue weighted by atomic mass is 10.4. The average molecular weight is 375 g/mol. The number of halogens is 1. The van der Waals surface area contributed by atoms with Crippen molar-refractivity contribution < 1.29 is 8.42 Å². The van der Waals surface area contributed by atoms with Crippen molar-refractivity contribution in [2.24, 2.45) is 0 Å². The zero-order chi connectivity index (χ0) is 14.8. The van der Waals surface area contributed by atoms with E-state index in [0.29, 0.717) is 0 Å². The van der Waals surface area contributed by atoms with Crippen molar-refractivity contribution in [3.8, 4) is 0 Å². The number of sulfonamides is 1. The molecule has 1 N–H and O–H groups in total. The van der Waals surface area contributed by atoms with E-state index >= 15 is 0 Å². The molecule has 1 unspecified atom stereocenters. The summed E-state index contributed by atoms with van der Waals surface area (Å²) in [6, 6.07) is 6.21. The number of benzene rings is 1. The van der Waals surface area contributed by atoms with Crippen LogP contribution in [0.25, 0.3) is 0 Å². The van der Waals surface area contributed by atoms with Crippen LogP contribution in [0.15, 0.2) is 39.8 Å². The van der Waals surface area contributed by atoms with Gasteiger partial charge in [0.2, 0.25) is 10.0 Å². The molecule has 20 heavy (non-hydrogen) atoms. The Kier molecular flexibility index (Phi) is 4.95. The SMILES string of the molecule is CCc1cnc(C(C)NS(=O)(=O)c2ccc(Br)cc2)s1. The van der Waals surface area contributed by atoms with Gasteiger partial charge in [-0.15, -0.1) is 11.3 Å². The molecule has 108 valence electrons. The Balaban J connectivity index is 2.17. The number of hydrogen-bond donors (Lipinski definition) is 1. The van der Waals surface area contributed by atoms with E-state index in [2.05, 4.69) is 25.6 Å². The summed E-state index contributed by atoms with van der Waals surface area (Å²) < 4.78 is 28.0. The molecule has 0 bridgehead atoms. The van der Waals surface area contributed by atoms with Gasteiger partial charge < -0.3 is 0 Å². The molecule has 4 nitrogen and oxygen atoms in total. The molecule has 1 heterocycles. The van der Waals surface area contributed by atoms with Crippen molar-refractivity contribution in [1.29, 1.82) is 0 Å². The first kappa shape index (κ1) is 15.6. The summed E-state index contributed by atoms with van der Waals surface area (Å²) in [6.45, 7) is 3.85. The van der Waals surface area contributed by atoms with Crippen LogP contribution in [0, 0.1) is 0 Å². The summed E-state index contributed by atoms with van der Waals surface area (Å²) in [5, 5.41) is 0.780. The van der Waals surface area contributed by atoms with Crippen molar-refractivity contribution in [1.82, 2.24) is 9.71 Å². The molecule has 7 heteroatoms. The summed E-state index contributed by atoms with van der Waals surface area (Å²) in [4.78, 5) is 5.66. The summed E-state index contributed by atoms with van der Waals surface area (Å²) in [7, 11) is -3.53. The Bertz CT molecular complexity index is 681. The second kappa shape index (κ2) is 6.34. The number of hydrogen-bond acceptors (Lipinski definition) is 4. The molecule has 0 saturated carbocycles. The molecule has 0 aliphatic heterocycles. The lowest BCUT2D eigenvalue weighted by molar-refractivity contribution is 0.566. The highest BCUT2D eigenvalue weighted by molar-refractivity contribution is 9.10. The number of nitrogens with one attached hydrogen (secondary N) is 1. The van der Waals surface area contributed by atoms with E-state index in [4.69, 9.17) is 0 Å². The second-order valence-electron chi connectivity index (χ2n) is 4.32. The van der Waals surface area contributed by atoms with Crippen molar-refractivity contribution in [3.05, 3.63) is 44.8 Å². The molecule has 2 rings (SSSR count). The van der Waals surface area contributed by atoms with Crippen LogP contribution in [-0.4, -0.2) is 13.4 Å². The van der Waals surface area contributed by atoms with Crippen molar-refractivity contribution in [2.45, 2.75) is 31.2 Å². The molecule has 1 aromatic carbocycles. The van der Waals surface area contributed by atoms with Crippen molar-refractivity contribution in [3.63, 3.8) is 0 Å². The third-order valence-electron chi connectivity index (χ3n) is 2.75. The van der Waals surface area contributed by atoms with E-state index in [-0.39, 0.29) is 10.9 Å². The third-order valence-corrected chi connectivity index (χ3v) is 6.16. The molecule has 1 aromatic heterocycles. The van der Waals surface area contributed by atoms with Crippen LogP contribution in [0.1, 0.15) is 29.8 Å². The van der Waals surface area contributed by atoms with Crippen LogP contribution < -0.4 is 4.72 Å². The van der Waals surface area contributed by atoms with Gasteiger partial charge in [-0.25, -0.2) is 18.1 Å². The monoisotopic (exact) mass is 374 g/mol. The van der Waals surface area contributed by atoms with E-state index < -0.39 is 10.0 Å². The minimum Gasteiger partial charge on any atom is -0.248 e. The summed E-state index contributed by atoms with van der Waals surface area (Å²) >= 11 is 4.82. The maximum absolute atomic E-state index is 12.3. The van der Waals surface area contributed by atoms with Gasteiger partial charge in [-0.3, -0.25) is 0 Å². The Morgan fingerprint density at radius 3 is 2.55 bits per heavy atom. The highest BCUT2D eigenvalue weighted by atomic mass is 79.9. The van der Waals surface area contributed by atoms with Crippen LogP contribution in [0.3, 0.4) is 0 Å². The fourth-order valence-corrected chi connectivity index (χ4v) is 4.06. The fourth-order valence-electron chi connectivity index (χ4n) is 1.65. The van der Waals surface area contributed by atoms with Gasteiger partial charge >= 0.3 is 0 Å². The van der Waals surface area contributed by atoms with E-state index in [9.17, 15) is 8.42 Å². The van der Waals surface area contributed by atoms with Crippen LogP contribution in [0.4, 0.5) is 0 Å². The lowest BCUT2D eigenvalue weighted by Crippen LogP contribution is -2.26. The smallest absolute Gasteiger partial charge is 0.241 e. The van der Waals surface area contributed by atoms with Crippen LogP contribution in [0.2, 0.25) is 0 Å². The molecule has 0 aliphatic carbocycles. The predicted octanol–water partition coefficient (Wildman–Crippen LogP) is 3.51. The summed E-state index contributed by atoms with van der Waals surface area (Å²) in [6.07, 6.45) is 2.70. The molecule has 0 radical (unpaired) electrons. The highest BCUT2D eigenvalue weighted by Gasteiger charge is 2.20. The molecule has 0 fully saturated rings. The minimum atomic E-state index is -3.53. The van der Waals surface area contributed by atoms with Crippen molar-refractivity contribution in [2.75, 3.05) is 0 Å². The van der Waals surface area contributed by atoms with E-state index in [1.54, 1.807) is 37.4 Å². The molecular weight excluding hydrogens is 360 g/mol. The predicted molar refractivity (Wildman–Crippen MR) is 84.4 cm³/mol. The molecule has 0 aliphatic rings. The molecule has 1 atom stereocenters. The first-order valence-electron chi connectivity index (χ1n) is 6.15. The lowest BCUT2D eigenvalue weighted by Gasteiger charge is -2.12. The zero-order valence-corrected chi connectivity index (χ0v) is 14.3. The van der Waals surface area contributed by atoms with Crippen molar-refractivity contribution >= 4 is 37.3 Å².